The summed E-state index contributed by atoms with van der Waals surface area (Å²) in [6, 6.07) is 2.59. The summed E-state index contributed by atoms with van der Waals surface area (Å²) < 4.78 is 17.7. The van der Waals surface area contributed by atoms with E-state index in [1.807, 2.05) is 0 Å². The fourth-order valence-electron chi connectivity index (χ4n) is 1.55. The molecule has 0 aromatic heterocycles. The Kier molecular flexibility index (Phi) is 3.72. The highest BCUT2D eigenvalue weighted by Gasteiger charge is 2.37. The zero-order valence-electron chi connectivity index (χ0n) is 10.0. The van der Waals surface area contributed by atoms with Crippen LogP contribution in [0.4, 0.5) is 4.39 Å². The maximum atomic E-state index is 13.1. The van der Waals surface area contributed by atoms with E-state index in [1.54, 1.807) is 13.8 Å². The summed E-state index contributed by atoms with van der Waals surface area (Å²) in [4.78, 5) is 11.6. The minimum absolute atomic E-state index is 0.143. The first-order chi connectivity index (χ1) is 7.80. The Balaban J connectivity index is 3.15. The molecule has 5 heteroatoms. The quantitative estimate of drug-likeness (QED) is 0.790. The number of aromatic hydroxyl groups is 1. The van der Waals surface area contributed by atoms with Gasteiger partial charge in [-0.3, -0.25) is 4.79 Å². The molecule has 0 unspecified atom stereocenters. The highest BCUT2D eigenvalue weighted by atomic mass is 19.1. The number of phenols is 1. The van der Waals surface area contributed by atoms with E-state index in [1.165, 1.54) is 13.2 Å². The summed E-state index contributed by atoms with van der Waals surface area (Å²) >= 11 is 0. The van der Waals surface area contributed by atoms with Crippen molar-refractivity contribution in [3.05, 3.63) is 29.6 Å². The number of ether oxygens (including phenoxy) is 1. The number of benzene rings is 1. The largest absolute Gasteiger partial charge is 0.508 e. The standard InChI is InChI=1S/C12H16FNO3/c1-12(2,11(16)17-3)10(14)8-6-7(13)4-5-9(8)15/h4-6,10,15H,14H2,1-3H3/t10-/m0/s1. The Morgan fingerprint density at radius 2 is 2.12 bits per heavy atom. The van der Waals surface area contributed by atoms with Crippen molar-refractivity contribution >= 4 is 5.97 Å². The van der Waals surface area contributed by atoms with Crippen molar-refractivity contribution in [1.82, 2.24) is 0 Å². The average Bonchev–Trinajstić information content (AvgIpc) is 2.30. The van der Waals surface area contributed by atoms with Crippen molar-refractivity contribution in [1.29, 1.82) is 0 Å². The van der Waals surface area contributed by atoms with Gasteiger partial charge in [-0.25, -0.2) is 4.39 Å². The van der Waals surface area contributed by atoms with Crippen LogP contribution in [0.5, 0.6) is 5.75 Å². The Morgan fingerprint density at radius 3 is 2.65 bits per heavy atom. The van der Waals surface area contributed by atoms with Gasteiger partial charge < -0.3 is 15.6 Å². The molecule has 1 atom stereocenters. The lowest BCUT2D eigenvalue weighted by atomic mass is 9.80. The zero-order valence-corrected chi connectivity index (χ0v) is 10.0. The van der Waals surface area contributed by atoms with Gasteiger partial charge in [-0.2, -0.15) is 0 Å². The molecule has 0 saturated carbocycles. The number of methoxy groups -OCH3 is 1. The van der Waals surface area contributed by atoms with Gasteiger partial charge in [0.2, 0.25) is 0 Å². The van der Waals surface area contributed by atoms with Gasteiger partial charge in [0.25, 0.3) is 0 Å². The summed E-state index contributed by atoms with van der Waals surface area (Å²) in [6.07, 6.45) is 0. The van der Waals surface area contributed by atoms with Crippen LogP contribution in [-0.4, -0.2) is 18.2 Å². The smallest absolute Gasteiger partial charge is 0.313 e. The van der Waals surface area contributed by atoms with Crippen LogP contribution in [0.15, 0.2) is 18.2 Å². The topological polar surface area (TPSA) is 72.5 Å². The van der Waals surface area contributed by atoms with Crippen molar-refractivity contribution in [2.45, 2.75) is 19.9 Å². The number of phenolic OH excluding ortho intramolecular Hbond substituents is 1. The van der Waals surface area contributed by atoms with Gasteiger partial charge in [0.15, 0.2) is 0 Å². The summed E-state index contributed by atoms with van der Waals surface area (Å²) in [7, 11) is 1.25. The molecule has 0 bridgehead atoms. The first-order valence-corrected chi connectivity index (χ1v) is 5.13. The van der Waals surface area contributed by atoms with Gasteiger partial charge in [0, 0.05) is 11.6 Å². The third kappa shape index (κ3) is 2.55. The molecule has 0 saturated heterocycles. The Hall–Kier alpha value is -1.62. The number of hydrogen-bond acceptors (Lipinski definition) is 4. The lowest BCUT2D eigenvalue weighted by molar-refractivity contribution is -0.152. The first-order valence-electron chi connectivity index (χ1n) is 5.13. The third-order valence-electron chi connectivity index (χ3n) is 2.81. The van der Waals surface area contributed by atoms with Gasteiger partial charge >= 0.3 is 5.97 Å². The van der Waals surface area contributed by atoms with E-state index < -0.39 is 23.2 Å². The van der Waals surface area contributed by atoms with E-state index in [4.69, 9.17) is 5.73 Å². The van der Waals surface area contributed by atoms with Gasteiger partial charge in [0.05, 0.1) is 12.5 Å². The van der Waals surface area contributed by atoms with E-state index in [0.717, 1.165) is 12.1 Å². The van der Waals surface area contributed by atoms with Crippen LogP contribution in [-0.2, 0) is 9.53 Å². The molecule has 0 radical (unpaired) electrons. The highest BCUT2D eigenvalue weighted by molar-refractivity contribution is 5.77. The highest BCUT2D eigenvalue weighted by Crippen LogP contribution is 2.36. The van der Waals surface area contributed by atoms with E-state index in [9.17, 15) is 14.3 Å². The summed E-state index contributed by atoms with van der Waals surface area (Å²) in [6.45, 7) is 3.15. The molecule has 4 nitrogen and oxygen atoms in total. The normalized spacial score (nSPS) is 13.2. The number of nitrogens with two attached hydrogens (primary N) is 1. The number of carbonyl (C=O) groups excluding carboxylic acids is 1. The summed E-state index contributed by atoms with van der Waals surface area (Å²) in [5, 5.41) is 9.62. The molecule has 0 aliphatic carbocycles. The second-order valence-corrected chi connectivity index (χ2v) is 4.39. The molecular weight excluding hydrogens is 225 g/mol. The van der Waals surface area contributed by atoms with Crippen LogP contribution in [0, 0.1) is 11.2 Å². The number of esters is 1. The number of hydrogen-bond donors (Lipinski definition) is 2. The second-order valence-electron chi connectivity index (χ2n) is 4.39. The van der Waals surface area contributed by atoms with Crippen molar-refractivity contribution in [2.75, 3.05) is 7.11 Å². The molecule has 1 aromatic carbocycles. The third-order valence-corrected chi connectivity index (χ3v) is 2.81. The molecule has 1 aromatic rings. The minimum Gasteiger partial charge on any atom is -0.508 e. The summed E-state index contributed by atoms with van der Waals surface area (Å²) in [5.41, 5.74) is 5.02. The van der Waals surface area contributed by atoms with Crippen LogP contribution in [0.3, 0.4) is 0 Å². The monoisotopic (exact) mass is 241 g/mol. The van der Waals surface area contributed by atoms with Crippen molar-refractivity contribution < 1.29 is 19.0 Å². The molecule has 0 heterocycles. The van der Waals surface area contributed by atoms with Gasteiger partial charge in [-0.15, -0.1) is 0 Å². The van der Waals surface area contributed by atoms with Crippen LogP contribution in [0.1, 0.15) is 25.5 Å². The maximum Gasteiger partial charge on any atom is 0.313 e. The van der Waals surface area contributed by atoms with E-state index in [0.29, 0.717) is 0 Å². The predicted molar refractivity (Wildman–Crippen MR) is 60.8 cm³/mol. The predicted octanol–water partition coefficient (Wildman–Crippen LogP) is 1.73. The van der Waals surface area contributed by atoms with Gasteiger partial charge in [-0.1, -0.05) is 0 Å². The molecule has 0 spiro atoms. The van der Waals surface area contributed by atoms with Crippen LogP contribution < -0.4 is 5.73 Å². The van der Waals surface area contributed by atoms with Crippen molar-refractivity contribution in [3.8, 4) is 5.75 Å². The van der Waals surface area contributed by atoms with E-state index in [2.05, 4.69) is 4.74 Å². The van der Waals surface area contributed by atoms with Crippen LogP contribution >= 0.6 is 0 Å². The van der Waals surface area contributed by atoms with E-state index >= 15 is 0 Å². The maximum absolute atomic E-state index is 13.1. The second kappa shape index (κ2) is 4.71. The first kappa shape index (κ1) is 13.4. The Morgan fingerprint density at radius 1 is 1.53 bits per heavy atom. The molecule has 0 fully saturated rings. The lowest BCUT2D eigenvalue weighted by Gasteiger charge is -2.29. The molecule has 94 valence electrons. The Labute approximate surface area is 99.2 Å². The molecule has 0 aliphatic rings. The summed E-state index contributed by atoms with van der Waals surface area (Å²) in [5.74, 6) is -1.18. The number of rotatable bonds is 3. The fraction of sp³-hybridized carbons (Fsp3) is 0.417. The zero-order chi connectivity index (χ0) is 13.2. The van der Waals surface area contributed by atoms with E-state index in [-0.39, 0.29) is 11.3 Å². The van der Waals surface area contributed by atoms with Gasteiger partial charge in [0.1, 0.15) is 11.6 Å². The molecule has 17 heavy (non-hydrogen) atoms. The lowest BCUT2D eigenvalue weighted by Crippen LogP contribution is -2.37. The number of halogens is 1. The van der Waals surface area contributed by atoms with Crippen LogP contribution in [0.2, 0.25) is 0 Å². The van der Waals surface area contributed by atoms with Gasteiger partial charge in [-0.05, 0) is 32.0 Å². The molecule has 0 amide bonds. The molecule has 0 aliphatic heterocycles. The SMILES string of the molecule is COC(=O)C(C)(C)[C@@H](N)c1cc(F)ccc1O. The molecule has 1 rings (SSSR count). The molecule has 3 N–H and O–H groups in total. The number of carbonyl (C=O) groups is 1. The van der Waals surface area contributed by atoms with Crippen molar-refractivity contribution in [2.24, 2.45) is 11.1 Å². The minimum atomic E-state index is -1.06. The average molecular weight is 241 g/mol. The fourth-order valence-corrected chi connectivity index (χ4v) is 1.55. The van der Waals surface area contributed by atoms with Crippen molar-refractivity contribution in [3.63, 3.8) is 0 Å². The van der Waals surface area contributed by atoms with Crippen LogP contribution in [0.25, 0.3) is 0 Å². The Bertz CT molecular complexity index is 432. The molecular formula is C12H16FNO3.